The molecule has 0 unspecified atom stereocenters. The smallest absolute Gasteiger partial charge is 0.298 e. The van der Waals surface area contributed by atoms with Gasteiger partial charge in [-0.2, -0.15) is 0 Å². The highest BCUT2D eigenvalue weighted by Crippen LogP contribution is 2.31. The fourth-order valence-corrected chi connectivity index (χ4v) is 5.32. The van der Waals surface area contributed by atoms with Crippen molar-refractivity contribution < 1.29 is 9.59 Å². The Kier molecular flexibility index (Phi) is 7.05. The first-order valence-electron chi connectivity index (χ1n) is 12.8. The molecule has 3 heterocycles. The van der Waals surface area contributed by atoms with Gasteiger partial charge in [0.2, 0.25) is 0 Å². The van der Waals surface area contributed by atoms with Crippen LogP contribution in [0.15, 0.2) is 72.8 Å². The molecule has 1 aromatic heterocycles. The molecular weight excluding hydrogens is 448 g/mol. The number of carbonyl (C=O) groups is 2. The van der Waals surface area contributed by atoms with Gasteiger partial charge in [0.1, 0.15) is 5.69 Å². The molecule has 36 heavy (non-hydrogen) atoms. The molecule has 0 radical (unpaired) electrons. The van der Waals surface area contributed by atoms with Crippen LogP contribution in [0.5, 0.6) is 0 Å². The zero-order chi connectivity index (χ0) is 25.1. The predicted molar refractivity (Wildman–Crippen MR) is 146 cm³/mol. The van der Waals surface area contributed by atoms with Crippen LogP contribution >= 0.6 is 0 Å². The van der Waals surface area contributed by atoms with Crippen molar-refractivity contribution >= 4 is 23.1 Å². The lowest BCUT2D eigenvalue weighted by Crippen LogP contribution is -2.46. The number of Topliss-reactive ketones (excluding diaryl/α,β-unsaturated/α-hetero) is 1. The fraction of sp³-hybridized carbons (Fsp3) is 0.333. The molecule has 0 spiro atoms. The molecule has 6 nitrogen and oxygen atoms in total. The molecule has 0 atom stereocenters. The highest BCUT2D eigenvalue weighted by molar-refractivity contribution is 6.47. The second-order valence-corrected chi connectivity index (χ2v) is 9.92. The van der Waals surface area contributed by atoms with Gasteiger partial charge in [-0.1, -0.05) is 42.5 Å². The Hall–Kier alpha value is -3.64. The topological polar surface area (TPSA) is 57.6 Å². The van der Waals surface area contributed by atoms with Crippen LogP contribution in [0, 0.1) is 0 Å². The van der Waals surface area contributed by atoms with E-state index in [9.17, 15) is 9.59 Å². The second kappa shape index (κ2) is 10.5. The molecular formula is C30H34N4O2. The molecule has 186 valence electrons. The number of aryl methyl sites for hydroxylation is 1. The molecule has 1 saturated heterocycles. The lowest BCUT2D eigenvalue weighted by Gasteiger charge is -2.36. The maximum Gasteiger partial charge on any atom is 0.298 e. The van der Waals surface area contributed by atoms with Crippen LogP contribution in [0.2, 0.25) is 0 Å². The van der Waals surface area contributed by atoms with E-state index in [0.29, 0.717) is 11.4 Å². The van der Waals surface area contributed by atoms with Crippen molar-refractivity contribution in [3.05, 3.63) is 84.2 Å². The summed E-state index contributed by atoms with van der Waals surface area (Å²) < 4.78 is 2.05. The largest absolute Gasteiger partial charge is 0.369 e. The molecule has 2 aliphatic rings. The normalized spacial score (nSPS) is 15.9. The van der Waals surface area contributed by atoms with Gasteiger partial charge < -0.3 is 14.8 Å². The lowest BCUT2D eigenvalue weighted by molar-refractivity contribution is -0.112. The number of amides is 1. The number of piperazine rings is 1. The lowest BCUT2D eigenvalue weighted by atomic mass is 10.0. The van der Waals surface area contributed by atoms with E-state index in [0.717, 1.165) is 81.0 Å². The number of carbonyl (C=O) groups excluding carboxylic acids is 2. The van der Waals surface area contributed by atoms with E-state index >= 15 is 0 Å². The number of nitrogens with zero attached hydrogens (tertiary/aromatic N) is 3. The summed E-state index contributed by atoms with van der Waals surface area (Å²) in [4.78, 5) is 31.3. The van der Waals surface area contributed by atoms with Gasteiger partial charge in [0, 0.05) is 61.9 Å². The van der Waals surface area contributed by atoms with Gasteiger partial charge in [0.15, 0.2) is 0 Å². The van der Waals surface area contributed by atoms with Crippen LogP contribution in [0.25, 0.3) is 11.1 Å². The fourth-order valence-electron chi connectivity index (χ4n) is 5.32. The first-order chi connectivity index (χ1) is 17.5. The van der Waals surface area contributed by atoms with Gasteiger partial charge in [-0.15, -0.1) is 0 Å². The standard InChI is InChI=1S/C30H34N4O2/c1-22(2)21-32-16-18-33(19-17-32)25-13-11-24(12-14-25)31-30(36)29(35)28-27(23-8-4-3-5-9-23)20-26-10-6-7-15-34(26)28/h3-5,8-9,11-14,20H,1,6-7,10,15-19,21H2,2H3,(H,31,36). The summed E-state index contributed by atoms with van der Waals surface area (Å²) in [7, 11) is 0. The molecule has 3 aromatic rings. The summed E-state index contributed by atoms with van der Waals surface area (Å²) >= 11 is 0. The number of ketones is 1. The summed E-state index contributed by atoms with van der Waals surface area (Å²) in [6.07, 6.45) is 3.05. The van der Waals surface area contributed by atoms with E-state index in [-0.39, 0.29) is 0 Å². The number of aromatic nitrogens is 1. The maximum absolute atomic E-state index is 13.4. The average Bonchev–Trinajstić information content (AvgIpc) is 3.29. The summed E-state index contributed by atoms with van der Waals surface area (Å²) in [6.45, 7) is 11.7. The van der Waals surface area contributed by atoms with Gasteiger partial charge in [0.05, 0.1) is 0 Å². The van der Waals surface area contributed by atoms with Crippen LogP contribution in [-0.2, 0) is 17.8 Å². The molecule has 2 aromatic carbocycles. The van der Waals surface area contributed by atoms with Crippen molar-refractivity contribution in [2.24, 2.45) is 0 Å². The molecule has 5 rings (SSSR count). The van der Waals surface area contributed by atoms with E-state index in [1.54, 1.807) is 0 Å². The third kappa shape index (κ3) is 5.14. The SMILES string of the molecule is C=C(C)CN1CCN(c2ccc(NC(=O)C(=O)c3c(-c4ccccc4)cc4n3CCCC4)cc2)CC1. The van der Waals surface area contributed by atoms with Crippen LogP contribution < -0.4 is 10.2 Å². The van der Waals surface area contributed by atoms with Gasteiger partial charge in [-0.3, -0.25) is 14.5 Å². The van der Waals surface area contributed by atoms with Gasteiger partial charge in [-0.05, 0) is 62.1 Å². The summed E-state index contributed by atoms with van der Waals surface area (Å²) in [6, 6.07) is 19.7. The molecule has 0 bridgehead atoms. The van der Waals surface area contributed by atoms with Crippen molar-refractivity contribution in [3.8, 4) is 11.1 Å². The number of benzene rings is 2. The number of anilines is 2. The minimum absolute atomic E-state index is 0.486. The van der Waals surface area contributed by atoms with Crippen molar-refractivity contribution in [1.29, 1.82) is 0 Å². The number of hydrogen-bond donors (Lipinski definition) is 1. The van der Waals surface area contributed by atoms with E-state index in [4.69, 9.17) is 0 Å². The molecule has 0 aliphatic carbocycles. The van der Waals surface area contributed by atoms with Crippen LogP contribution in [0.3, 0.4) is 0 Å². The Morgan fingerprint density at radius 2 is 1.64 bits per heavy atom. The number of hydrogen-bond acceptors (Lipinski definition) is 4. The Morgan fingerprint density at radius 3 is 2.33 bits per heavy atom. The zero-order valence-corrected chi connectivity index (χ0v) is 21.0. The minimum Gasteiger partial charge on any atom is -0.369 e. The third-order valence-electron chi connectivity index (χ3n) is 7.11. The summed E-state index contributed by atoms with van der Waals surface area (Å²) in [5, 5.41) is 2.84. The van der Waals surface area contributed by atoms with Crippen LogP contribution in [-0.4, -0.2) is 53.9 Å². The molecule has 2 aliphatic heterocycles. The summed E-state index contributed by atoms with van der Waals surface area (Å²) in [5.74, 6) is -1.08. The predicted octanol–water partition coefficient (Wildman–Crippen LogP) is 5.01. The number of rotatable bonds is 7. The van der Waals surface area contributed by atoms with E-state index < -0.39 is 11.7 Å². The highest BCUT2D eigenvalue weighted by Gasteiger charge is 2.28. The molecule has 1 N–H and O–H groups in total. The first kappa shape index (κ1) is 24.1. The Labute approximate surface area is 213 Å². The van der Waals surface area contributed by atoms with E-state index in [1.165, 1.54) is 5.57 Å². The van der Waals surface area contributed by atoms with Crippen molar-refractivity contribution in [2.75, 3.05) is 42.9 Å². The Bertz CT molecular complexity index is 1250. The molecule has 1 fully saturated rings. The monoisotopic (exact) mass is 482 g/mol. The highest BCUT2D eigenvalue weighted by atomic mass is 16.2. The van der Waals surface area contributed by atoms with Crippen LogP contribution in [0.4, 0.5) is 11.4 Å². The first-order valence-corrected chi connectivity index (χ1v) is 12.8. The average molecular weight is 483 g/mol. The second-order valence-electron chi connectivity index (χ2n) is 9.92. The van der Waals surface area contributed by atoms with Crippen molar-refractivity contribution in [2.45, 2.75) is 32.7 Å². The van der Waals surface area contributed by atoms with Gasteiger partial charge >= 0.3 is 0 Å². The number of nitrogens with one attached hydrogen (secondary N) is 1. The summed E-state index contributed by atoms with van der Waals surface area (Å²) in [5.41, 5.74) is 6.37. The number of fused-ring (bicyclic) bond motifs is 1. The third-order valence-corrected chi connectivity index (χ3v) is 7.11. The molecule has 6 heteroatoms. The molecule has 1 amide bonds. The van der Waals surface area contributed by atoms with E-state index in [1.807, 2.05) is 59.2 Å². The molecule has 0 saturated carbocycles. The van der Waals surface area contributed by atoms with Crippen LogP contribution in [0.1, 0.15) is 35.9 Å². The quantitative estimate of drug-likeness (QED) is 0.292. The Balaban J connectivity index is 1.29. The zero-order valence-electron chi connectivity index (χ0n) is 21.0. The van der Waals surface area contributed by atoms with Crippen molar-refractivity contribution in [1.82, 2.24) is 9.47 Å². The van der Waals surface area contributed by atoms with Gasteiger partial charge in [-0.25, -0.2) is 0 Å². The maximum atomic E-state index is 13.4. The van der Waals surface area contributed by atoms with E-state index in [2.05, 4.69) is 34.7 Å². The van der Waals surface area contributed by atoms with Gasteiger partial charge in [0.25, 0.3) is 11.7 Å². The Morgan fingerprint density at radius 1 is 0.917 bits per heavy atom. The minimum atomic E-state index is -0.597. The van der Waals surface area contributed by atoms with Crippen molar-refractivity contribution in [3.63, 3.8) is 0 Å².